The zero-order chi connectivity index (χ0) is 19.6. The molecule has 0 N–H and O–H groups in total. The van der Waals surface area contributed by atoms with Gasteiger partial charge in [0.1, 0.15) is 11.8 Å². The smallest absolute Gasteiger partial charge is 0.333 e. The summed E-state index contributed by atoms with van der Waals surface area (Å²) in [5, 5.41) is 0. The summed E-state index contributed by atoms with van der Waals surface area (Å²) in [6.07, 6.45) is 0. The Hall–Kier alpha value is -2.86. The number of methoxy groups -OCH3 is 1. The van der Waals surface area contributed by atoms with Crippen LogP contribution >= 0.6 is 0 Å². The minimum atomic E-state index is -0.505. The molecule has 0 aliphatic carbocycles. The third kappa shape index (κ3) is 3.95. The van der Waals surface area contributed by atoms with E-state index >= 15 is 0 Å². The number of nitrogens with zero attached hydrogens (tertiary/aromatic N) is 3. The minimum absolute atomic E-state index is 0.179. The first-order valence-corrected chi connectivity index (χ1v) is 8.93. The molecule has 0 unspecified atom stereocenters. The van der Waals surface area contributed by atoms with Gasteiger partial charge in [0, 0.05) is 12.2 Å². The van der Waals surface area contributed by atoms with E-state index in [2.05, 4.69) is 0 Å². The van der Waals surface area contributed by atoms with Gasteiger partial charge in [0.2, 0.25) is 0 Å². The summed E-state index contributed by atoms with van der Waals surface area (Å²) >= 11 is 0. The molecule has 142 valence electrons. The van der Waals surface area contributed by atoms with E-state index in [9.17, 15) is 9.59 Å². The van der Waals surface area contributed by atoms with Crippen molar-refractivity contribution in [3.05, 3.63) is 59.7 Å². The van der Waals surface area contributed by atoms with E-state index in [4.69, 9.17) is 4.74 Å². The molecule has 6 heteroatoms. The van der Waals surface area contributed by atoms with Gasteiger partial charge in [0.05, 0.1) is 13.8 Å². The third-order valence-electron chi connectivity index (χ3n) is 4.75. The molecule has 1 aliphatic heterocycles. The summed E-state index contributed by atoms with van der Waals surface area (Å²) in [5.41, 5.74) is 2.94. The van der Waals surface area contributed by atoms with Crippen LogP contribution in [0.5, 0.6) is 5.75 Å². The molecule has 3 rings (SSSR count). The van der Waals surface area contributed by atoms with Crippen LogP contribution in [0.15, 0.2) is 48.5 Å². The maximum Gasteiger partial charge on any atom is 0.333 e. The van der Waals surface area contributed by atoms with Gasteiger partial charge in [-0.05, 0) is 50.7 Å². The largest absolute Gasteiger partial charge is 0.497 e. The molecule has 1 aliphatic rings. The van der Waals surface area contributed by atoms with Crippen molar-refractivity contribution in [3.8, 4) is 5.75 Å². The fraction of sp³-hybridized carbons (Fsp3) is 0.333. The quantitative estimate of drug-likeness (QED) is 0.736. The topological polar surface area (TPSA) is 53.1 Å². The highest BCUT2D eigenvalue weighted by Gasteiger charge is 2.43. The Morgan fingerprint density at radius 3 is 2.26 bits per heavy atom. The van der Waals surface area contributed by atoms with Gasteiger partial charge in [-0.3, -0.25) is 14.6 Å². The van der Waals surface area contributed by atoms with Crippen LogP contribution in [-0.2, 0) is 11.3 Å². The highest BCUT2D eigenvalue weighted by Crippen LogP contribution is 2.26. The fourth-order valence-corrected chi connectivity index (χ4v) is 3.23. The van der Waals surface area contributed by atoms with Crippen molar-refractivity contribution in [1.82, 2.24) is 9.80 Å². The lowest BCUT2D eigenvalue weighted by Crippen LogP contribution is -2.40. The fourth-order valence-electron chi connectivity index (χ4n) is 3.23. The molecule has 0 bridgehead atoms. The van der Waals surface area contributed by atoms with Crippen LogP contribution in [0.25, 0.3) is 0 Å². The third-order valence-corrected chi connectivity index (χ3v) is 4.75. The highest BCUT2D eigenvalue weighted by molar-refractivity contribution is 6.14. The van der Waals surface area contributed by atoms with Crippen LogP contribution in [0.3, 0.4) is 0 Å². The van der Waals surface area contributed by atoms with E-state index in [1.165, 1.54) is 4.90 Å². The van der Waals surface area contributed by atoms with Gasteiger partial charge in [-0.1, -0.05) is 29.8 Å². The number of urea groups is 1. The van der Waals surface area contributed by atoms with Gasteiger partial charge >= 0.3 is 6.03 Å². The number of ether oxygens (including phenoxy) is 1. The molecule has 3 amide bonds. The number of hydrogen-bond acceptors (Lipinski definition) is 4. The molecule has 0 aromatic heterocycles. The first-order valence-electron chi connectivity index (χ1n) is 8.93. The van der Waals surface area contributed by atoms with Crippen LogP contribution in [-0.4, -0.2) is 48.6 Å². The average molecular weight is 367 g/mol. The number of anilines is 1. The van der Waals surface area contributed by atoms with E-state index in [1.54, 1.807) is 18.9 Å². The van der Waals surface area contributed by atoms with Crippen LogP contribution in [0.4, 0.5) is 10.5 Å². The first-order chi connectivity index (χ1) is 12.9. The Morgan fingerprint density at radius 2 is 1.67 bits per heavy atom. The summed E-state index contributed by atoms with van der Waals surface area (Å²) in [5.74, 6) is 0.621. The van der Waals surface area contributed by atoms with Gasteiger partial charge in [0.15, 0.2) is 0 Å². The molecular weight excluding hydrogens is 342 g/mol. The maximum atomic E-state index is 12.9. The lowest BCUT2D eigenvalue weighted by Gasteiger charge is -2.23. The minimum Gasteiger partial charge on any atom is -0.497 e. The van der Waals surface area contributed by atoms with Crippen molar-refractivity contribution in [1.29, 1.82) is 0 Å². The molecule has 27 heavy (non-hydrogen) atoms. The Labute approximate surface area is 159 Å². The molecule has 0 saturated carbocycles. The average Bonchev–Trinajstić information content (AvgIpc) is 2.87. The predicted molar refractivity (Wildman–Crippen MR) is 105 cm³/mol. The number of amides is 3. The lowest BCUT2D eigenvalue weighted by atomic mass is 10.2. The predicted octanol–water partition coefficient (Wildman–Crippen LogP) is 3.25. The second-order valence-corrected chi connectivity index (χ2v) is 6.93. The zero-order valence-electron chi connectivity index (χ0n) is 16.2. The normalized spacial score (nSPS) is 17.1. The van der Waals surface area contributed by atoms with Crippen molar-refractivity contribution in [2.75, 3.05) is 25.7 Å². The van der Waals surface area contributed by atoms with Crippen LogP contribution in [0.2, 0.25) is 0 Å². The molecule has 6 nitrogen and oxygen atoms in total. The highest BCUT2D eigenvalue weighted by atomic mass is 16.5. The summed E-state index contributed by atoms with van der Waals surface area (Å²) in [6.45, 7) is 4.63. The monoisotopic (exact) mass is 367 g/mol. The van der Waals surface area contributed by atoms with Crippen LogP contribution in [0, 0.1) is 6.92 Å². The van der Waals surface area contributed by atoms with Gasteiger partial charge in [-0.25, -0.2) is 9.69 Å². The number of aryl methyl sites for hydroxylation is 1. The molecule has 2 aromatic carbocycles. The van der Waals surface area contributed by atoms with E-state index in [0.29, 0.717) is 6.54 Å². The molecule has 1 fully saturated rings. The number of carbonyl (C=O) groups excluding carboxylic acids is 2. The van der Waals surface area contributed by atoms with Gasteiger partial charge in [-0.2, -0.15) is 0 Å². The van der Waals surface area contributed by atoms with Crippen molar-refractivity contribution in [2.45, 2.75) is 26.4 Å². The number of carbonyl (C=O) groups is 2. The van der Waals surface area contributed by atoms with Gasteiger partial charge in [-0.15, -0.1) is 0 Å². The zero-order valence-corrected chi connectivity index (χ0v) is 16.2. The Morgan fingerprint density at radius 1 is 1.04 bits per heavy atom. The van der Waals surface area contributed by atoms with Gasteiger partial charge < -0.3 is 4.74 Å². The molecule has 1 heterocycles. The molecule has 0 radical (unpaired) electrons. The van der Waals surface area contributed by atoms with E-state index in [1.807, 2.05) is 67.4 Å². The Balaban J connectivity index is 1.69. The summed E-state index contributed by atoms with van der Waals surface area (Å²) < 4.78 is 5.17. The summed E-state index contributed by atoms with van der Waals surface area (Å²) in [7, 11) is 3.52. The molecule has 1 saturated heterocycles. The number of benzene rings is 2. The van der Waals surface area contributed by atoms with E-state index in [0.717, 1.165) is 22.6 Å². The van der Waals surface area contributed by atoms with E-state index in [-0.39, 0.29) is 18.6 Å². The summed E-state index contributed by atoms with van der Waals surface area (Å²) in [6, 6.07) is 14.6. The number of rotatable bonds is 6. The van der Waals surface area contributed by atoms with Crippen molar-refractivity contribution < 1.29 is 14.3 Å². The number of hydrogen-bond donors (Lipinski definition) is 0. The standard InChI is InChI=1S/C21H25N3O3/c1-15-5-9-18(10-6-15)24-16(2)20(25)23(21(24)26)14-22(3)13-17-7-11-19(27-4)12-8-17/h5-12,16H,13-14H2,1-4H3/t16-/m1/s1. The van der Waals surface area contributed by atoms with E-state index < -0.39 is 6.04 Å². The number of imide groups is 1. The second-order valence-electron chi connectivity index (χ2n) is 6.93. The maximum absolute atomic E-state index is 12.9. The lowest BCUT2D eigenvalue weighted by molar-refractivity contribution is -0.128. The summed E-state index contributed by atoms with van der Waals surface area (Å²) in [4.78, 5) is 30.3. The Bertz CT molecular complexity index is 818. The first kappa shape index (κ1) is 18.9. The molecule has 0 spiro atoms. The molecule has 1 atom stereocenters. The van der Waals surface area contributed by atoms with Gasteiger partial charge in [0.25, 0.3) is 5.91 Å². The van der Waals surface area contributed by atoms with Crippen LogP contribution in [0.1, 0.15) is 18.1 Å². The second kappa shape index (κ2) is 7.80. The van der Waals surface area contributed by atoms with Crippen molar-refractivity contribution in [2.24, 2.45) is 0 Å². The van der Waals surface area contributed by atoms with Crippen molar-refractivity contribution in [3.63, 3.8) is 0 Å². The van der Waals surface area contributed by atoms with Crippen molar-refractivity contribution >= 4 is 17.6 Å². The SMILES string of the molecule is COc1ccc(CN(C)CN2C(=O)[C@@H](C)N(c3ccc(C)cc3)C2=O)cc1. The molecule has 2 aromatic rings. The van der Waals surface area contributed by atoms with Crippen LogP contribution < -0.4 is 9.64 Å². The Kier molecular flexibility index (Phi) is 5.46. The molecular formula is C21H25N3O3.